The lowest BCUT2D eigenvalue weighted by Crippen LogP contribution is -2.39. The van der Waals surface area contributed by atoms with Crippen LogP contribution in [0, 0.1) is 0 Å². The Labute approximate surface area is 186 Å². The Morgan fingerprint density at radius 1 is 1.10 bits per heavy atom. The summed E-state index contributed by atoms with van der Waals surface area (Å²) in [6.07, 6.45) is 2.64. The molecule has 31 heavy (non-hydrogen) atoms. The van der Waals surface area contributed by atoms with Gasteiger partial charge in [-0.3, -0.25) is 14.7 Å². The molecule has 0 bridgehead atoms. The smallest absolute Gasteiger partial charge is 0.227 e. The van der Waals surface area contributed by atoms with Crippen molar-refractivity contribution in [2.75, 3.05) is 32.1 Å². The summed E-state index contributed by atoms with van der Waals surface area (Å²) >= 11 is 0. The first-order valence-corrected chi connectivity index (χ1v) is 11.1. The minimum atomic E-state index is 0.221. The summed E-state index contributed by atoms with van der Waals surface area (Å²) in [6, 6.07) is 19.2. The molecule has 2 aromatic rings. The predicted molar refractivity (Wildman–Crippen MR) is 128 cm³/mol. The molecule has 1 amide bonds. The lowest BCUT2D eigenvalue weighted by Gasteiger charge is -2.25. The number of carbonyl (C=O) groups excluding carboxylic acids is 1. The molecule has 2 aromatic carbocycles. The molecule has 6 nitrogen and oxygen atoms in total. The van der Waals surface area contributed by atoms with Crippen molar-refractivity contribution in [1.82, 2.24) is 15.5 Å². The van der Waals surface area contributed by atoms with Gasteiger partial charge in [-0.05, 0) is 50.1 Å². The first kappa shape index (κ1) is 22.8. The zero-order valence-electron chi connectivity index (χ0n) is 19.0. The van der Waals surface area contributed by atoms with Crippen LogP contribution in [-0.2, 0) is 17.9 Å². The Morgan fingerprint density at radius 3 is 2.48 bits per heavy atom. The summed E-state index contributed by atoms with van der Waals surface area (Å²) < 4.78 is 0. The molecule has 0 spiro atoms. The molecule has 1 atom stereocenters. The summed E-state index contributed by atoms with van der Waals surface area (Å²) in [4.78, 5) is 20.5. The molecule has 1 heterocycles. The van der Waals surface area contributed by atoms with Crippen LogP contribution in [0.3, 0.4) is 0 Å². The summed E-state index contributed by atoms with van der Waals surface area (Å²) in [6.45, 7) is 5.58. The Hall–Kier alpha value is -2.86. The highest BCUT2D eigenvalue weighted by atomic mass is 16.2. The van der Waals surface area contributed by atoms with Gasteiger partial charge in [0.05, 0.1) is 0 Å². The van der Waals surface area contributed by atoms with Gasteiger partial charge in [0.25, 0.3) is 0 Å². The molecule has 0 radical (unpaired) electrons. The van der Waals surface area contributed by atoms with E-state index < -0.39 is 0 Å². The first-order chi connectivity index (χ1) is 15.1. The van der Waals surface area contributed by atoms with Crippen molar-refractivity contribution in [1.29, 1.82) is 0 Å². The van der Waals surface area contributed by atoms with Gasteiger partial charge in [0, 0.05) is 51.4 Å². The fourth-order valence-corrected chi connectivity index (χ4v) is 3.77. The number of hydrogen-bond acceptors (Lipinski definition) is 3. The highest BCUT2D eigenvalue weighted by Gasteiger charge is 2.21. The fraction of sp³-hybridized carbons (Fsp3) is 0.440. The maximum atomic E-state index is 11.9. The van der Waals surface area contributed by atoms with Crippen LogP contribution in [-0.4, -0.2) is 50.0 Å². The van der Waals surface area contributed by atoms with E-state index in [0.29, 0.717) is 19.0 Å². The number of amides is 1. The summed E-state index contributed by atoms with van der Waals surface area (Å²) in [5, 5.41) is 6.78. The van der Waals surface area contributed by atoms with Crippen LogP contribution in [0.5, 0.6) is 0 Å². The summed E-state index contributed by atoms with van der Waals surface area (Å²) in [7, 11) is 3.96. The van der Waals surface area contributed by atoms with Crippen molar-refractivity contribution in [2.45, 2.75) is 45.3 Å². The average molecular weight is 422 g/mol. The number of nitrogens with zero attached hydrogens (tertiary/aromatic N) is 3. The number of anilines is 1. The van der Waals surface area contributed by atoms with Crippen molar-refractivity contribution in [3.63, 3.8) is 0 Å². The van der Waals surface area contributed by atoms with E-state index in [-0.39, 0.29) is 5.91 Å². The first-order valence-electron chi connectivity index (χ1n) is 11.1. The van der Waals surface area contributed by atoms with Gasteiger partial charge in [-0.25, -0.2) is 0 Å². The van der Waals surface area contributed by atoms with Crippen molar-refractivity contribution in [2.24, 2.45) is 4.99 Å². The monoisotopic (exact) mass is 421 g/mol. The van der Waals surface area contributed by atoms with Gasteiger partial charge in [-0.15, -0.1) is 0 Å². The number of guanidine groups is 1. The molecule has 1 saturated heterocycles. The standard InChI is InChI=1S/C25H35N5O/c1-20(29(3)19-22-8-5-4-6-9-22)15-16-27-25(26-2)28-18-21-11-13-23(14-12-21)30-17-7-10-24(30)31/h4-6,8-9,11-14,20H,7,10,15-19H2,1-3H3,(H2,26,27,28). The van der Waals surface area contributed by atoms with Gasteiger partial charge < -0.3 is 15.5 Å². The zero-order valence-corrected chi connectivity index (χ0v) is 19.0. The lowest BCUT2D eigenvalue weighted by molar-refractivity contribution is -0.117. The third-order valence-electron chi connectivity index (χ3n) is 5.89. The molecular weight excluding hydrogens is 386 g/mol. The topological polar surface area (TPSA) is 60.0 Å². The van der Waals surface area contributed by atoms with Crippen LogP contribution in [0.1, 0.15) is 37.3 Å². The molecule has 0 saturated carbocycles. The third kappa shape index (κ3) is 6.82. The van der Waals surface area contributed by atoms with Crippen molar-refractivity contribution < 1.29 is 4.79 Å². The minimum Gasteiger partial charge on any atom is -0.356 e. The quantitative estimate of drug-likeness (QED) is 0.481. The molecule has 1 unspecified atom stereocenters. The van der Waals surface area contributed by atoms with Gasteiger partial charge in [0.15, 0.2) is 5.96 Å². The van der Waals surface area contributed by atoms with E-state index in [1.54, 1.807) is 7.05 Å². The maximum absolute atomic E-state index is 11.9. The van der Waals surface area contributed by atoms with Gasteiger partial charge in [-0.2, -0.15) is 0 Å². The number of aliphatic imine (C=N–C) groups is 1. The van der Waals surface area contributed by atoms with E-state index in [1.807, 2.05) is 17.0 Å². The van der Waals surface area contributed by atoms with E-state index in [0.717, 1.165) is 49.7 Å². The molecule has 1 aliphatic rings. The number of nitrogens with one attached hydrogen (secondary N) is 2. The Morgan fingerprint density at radius 2 is 1.84 bits per heavy atom. The molecular formula is C25H35N5O. The van der Waals surface area contributed by atoms with Crippen LogP contribution in [0.15, 0.2) is 59.6 Å². The second kappa shape index (κ2) is 11.5. The number of rotatable bonds is 9. The largest absolute Gasteiger partial charge is 0.356 e. The second-order valence-corrected chi connectivity index (χ2v) is 8.21. The van der Waals surface area contributed by atoms with Crippen LogP contribution < -0.4 is 15.5 Å². The van der Waals surface area contributed by atoms with E-state index in [9.17, 15) is 4.79 Å². The molecule has 1 aliphatic heterocycles. The molecule has 2 N–H and O–H groups in total. The number of benzene rings is 2. The lowest BCUT2D eigenvalue weighted by atomic mass is 10.1. The predicted octanol–water partition coefficient (Wildman–Crippen LogP) is 3.39. The summed E-state index contributed by atoms with van der Waals surface area (Å²) in [5.41, 5.74) is 3.49. The third-order valence-corrected chi connectivity index (χ3v) is 5.89. The van der Waals surface area contributed by atoms with Gasteiger partial charge in [0.2, 0.25) is 5.91 Å². The molecule has 0 aliphatic carbocycles. The molecule has 166 valence electrons. The normalized spacial score (nSPS) is 15.4. The molecule has 1 fully saturated rings. The van der Waals surface area contributed by atoms with Crippen LogP contribution in [0.25, 0.3) is 0 Å². The fourth-order valence-electron chi connectivity index (χ4n) is 3.77. The SMILES string of the molecule is CN=C(NCCC(C)N(C)Cc1ccccc1)NCc1ccc(N2CCCC2=O)cc1. The summed E-state index contributed by atoms with van der Waals surface area (Å²) in [5.74, 6) is 1.02. The highest BCUT2D eigenvalue weighted by molar-refractivity contribution is 5.95. The second-order valence-electron chi connectivity index (χ2n) is 8.21. The molecule has 6 heteroatoms. The van der Waals surface area contributed by atoms with Crippen LogP contribution in [0.2, 0.25) is 0 Å². The van der Waals surface area contributed by atoms with Gasteiger partial charge in [-0.1, -0.05) is 42.5 Å². The minimum absolute atomic E-state index is 0.221. The Kier molecular flexibility index (Phi) is 8.47. The van der Waals surface area contributed by atoms with Gasteiger partial charge >= 0.3 is 0 Å². The number of hydrogen-bond donors (Lipinski definition) is 2. The van der Waals surface area contributed by atoms with Crippen molar-refractivity contribution >= 4 is 17.6 Å². The van der Waals surface area contributed by atoms with Crippen LogP contribution in [0.4, 0.5) is 5.69 Å². The van der Waals surface area contributed by atoms with Crippen molar-refractivity contribution in [3.8, 4) is 0 Å². The van der Waals surface area contributed by atoms with E-state index >= 15 is 0 Å². The van der Waals surface area contributed by atoms with E-state index in [4.69, 9.17) is 0 Å². The molecule has 3 rings (SSSR count). The van der Waals surface area contributed by atoms with Crippen molar-refractivity contribution in [3.05, 3.63) is 65.7 Å². The van der Waals surface area contributed by atoms with E-state index in [2.05, 4.69) is 77.0 Å². The average Bonchev–Trinajstić information content (AvgIpc) is 3.22. The highest BCUT2D eigenvalue weighted by Crippen LogP contribution is 2.21. The van der Waals surface area contributed by atoms with Crippen LogP contribution >= 0.6 is 0 Å². The zero-order chi connectivity index (χ0) is 22.1. The number of carbonyl (C=O) groups is 1. The molecule has 0 aromatic heterocycles. The van der Waals surface area contributed by atoms with Gasteiger partial charge in [0.1, 0.15) is 0 Å². The maximum Gasteiger partial charge on any atom is 0.227 e. The Balaban J connectivity index is 1.39. The van der Waals surface area contributed by atoms with E-state index in [1.165, 1.54) is 5.56 Å². The Bertz CT molecular complexity index is 850.